The summed E-state index contributed by atoms with van der Waals surface area (Å²) in [5, 5.41) is 3.33. The number of hydrogen-bond acceptors (Lipinski definition) is 5. The van der Waals surface area contributed by atoms with Crippen LogP contribution in [0.25, 0.3) is 0 Å². The summed E-state index contributed by atoms with van der Waals surface area (Å²) in [7, 11) is -1.93. The number of hydrogen-bond donors (Lipinski definition) is 1. The van der Waals surface area contributed by atoms with Crippen LogP contribution in [-0.4, -0.2) is 51.0 Å². The highest BCUT2D eigenvalue weighted by Gasteiger charge is 2.44. The van der Waals surface area contributed by atoms with Crippen molar-refractivity contribution in [3.8, 4) is 5.88 Å². The van der Waals surface area contributed by atoms with Gasteiger partial charge in [-0.05, 0) is 30.9 Å². The van der Waals surface area contributed by atoms with Gasteiger partial charge in [0.25, 0.3) is 0 Å². The van der Waals surface area contributed by atoms with Crippen molar-refractivity contribution in [3.05, 3.63) is 18.3 Å². The molecule has 0 amide bonds. The van der Waals surface area contributed by atoms with E-state index in [9.17, 15) is 8.42 Å². The highest BCUT2D eigenvalue weighted by atomic mass is 35.5. The number of pyridine rings is 1. The highest BCUT2D eigenvalue weighted by molar-refractivity contribution is 7.89. The second-order valence-electron chi connectivity index (χ2n) is 5.55. The van der Waals surface area contributed by atoms with Gasteiger partial charge in [-0.25, -0.2) is 13.4 Å². The molecule has 1 spiro atoms. The molecule has 2 saturated heterocycles. The molecule has 118 valence electrons. The predicted octanol–water partition coefficient (Wildman–Crippen LogP) is 0.886. The van der Waals surface area contributed by atoms with Crippen molar-refractivity contribution in [2.24, 2.45) is 5.41 Å². The summed E-state index contributed by atoms with van der Waals surface area (Å²) in [6.45, 7) is 3.10. The van der Waals surface area contributed by atoms with E-state index >= 15 is 0 Å². The van der Waals surface area contributed by atoms with E-state index in [1.807, 2.05) is 0 Å². The molecule has 0 aromatic carbocycles. The molecule has 2 aliphatic rings. The van der Waals surface area contributed by atoms with Crippen LogP contribution in [0.15, 0.2) is 23.2 Å². The second-order valence-corrected chi connectivity index (χ2v) is 7.49. The van der Waals surface area contributed by atoms with E-state index in [4.69, 9.17) is 4.74 Å². The van der Waals surface area contributed by atoms with Gasteiger partial charge in [-0.3, -0.25) is 0 Å². The van der Waals surface area contributed by atoms with Gasteiger partial charge in [0.1, 0.15) is 4.90 Å². The van der Waals surface area contributed by atoms with Crippen LogP contribution in [-0.2, 0) is 10.0 Å². The standard InChI is InChI=1S/C13H19N3O3S.ClH/c1-19-12-3-2-11(8-15-12)20(17,18)16-7-5-13(10-16)4-6-14-9-13;/h2-3,8,14H,4-7,9-10H2,1H3;1H. The Labute approximate surface area is 131 Å². The van der Waals surface area contributed by atoms with Gasteiger partial charge in [0.15, 0.2) is 0 Å². The zero-order valence-corrected chi connectivity index (χ0v) is 13.5. The molecular formula is C13H20ClN3O3S. The summed E-state index contributed by atoms with van der Waals surface area (Å²) in [5.74, 6) is 0.418. The van der Waals surface area contributed by atoms with E-state index in [-0.39, 0.29) is 22.7 Å². The Kier molecular flexibility index (Phi) is 4.77. The van der Waals surface area contributed by atoms with Crippen LogP contribution < -0.4 is 10.1 Å². The summed E-state index contributed by atoms with van der Waals surface area (Å²) in [6.07, 6.45) is 3.36. The normalized spacial score (nSPS) is 26.0. The number of aromatic nitrogens is 1. The average Bonchev–Trinajstić information content (AvgIpc) is 3.10. The zero-order chi connectivity index (χ0) is 14.2. The quantitative estimate of drug-likeness (QED) is 0.889. The zero-order valence-electron chi connectivity index (χ0n) is 11.9. The number of rotatable bonds is 3. The van der Waals surface area contributed by atoms with Crippen LogP contribution in [0.4, 0.5) is 0 Å². The fraction of sp³-hybridized carbons (Fsp3) is 0.615. The van der Waals surface area contributed by atoms with E-state index < -0.39 is 10.0 Å². The number of halogens is 1. The third-order valence-electron chi connectivity index (χ3n) is 4.29. The van der Waals surface area contributed by atoms with Gasteiger partial charge < -0.3 is 10.1 Å². The maximum atomic E-state index is 12.6. The average molecular weight is 334 g/mol. The summed E-state index contributed by atoms with van der Waals surface area (Å²) in [5.41, 5.74) is 0.132. The number of nitrogens with zero attached hydrogens (tertiary/aromatic N) is 2. The van der Waals surface area contributed by atoms with E-state index in [0.29, 0.717) is 19.0 Å². The monoisotopic (exact) mass is 333 g/mol. The number of nitrogens with one attached hydrogen (secondary N) is 1. The van der Waals surface area contributed by atoms with Crippen LogP contribution in [0, 0.1) is 5.41 Å². The predicted molar refractivity (Wildman–Crippen MR) is 81.3 cm³/mol. The first-order valence-corrected chi connectivity index (χ1v) is 8.21. The first-order chi connectivity index (χ1) is 9.56. The van der Waals surface area contributed by atoms with Gasteiger partial charge in [0, 0.05) is 25.7 Å². The van der Waals surface area contributed by atoms with Crippen LogP contribution >= 0.6 is 12.4 Å². The Bertz CT molecular complexity index is 585. The van der Waals surface area contributed by atoms with Crippen LogP contribution in [0.1, 0.15) is 12.8 Å². The molecule has 2 fully saturated rings. The molecule has 8 heteroatoms. The van der Waals surface area contributed by atoms with Crippen LogP contribution in [0.5, 0.6) is 5.88 Å². The lowest BCUT2D eigenvalue weighted by Gasteiger charge is -2.22. The topological polar surface area (TPSA) is 71.5 Å². The van der Waals surface area contributed by atoms with Crippen molar-refractivity contribution < 1.29 is 13.2 Å². The van der Waals surface area contributed by atoms with Gasteiger partial charge in [-0.1, -0.05) is 0 Å². The Morgan fingerprint density at radius 3 is 2.76 bits per heavy atom. The Morgan fingerprint density at radius 1 is 1.38 bits per heavy atom. The van der Waals surface area contributed by atoms with Crippen molar-refractivity contribution >= 4 is 22.4 Å². The van der Waals surface area contributed by atoms with Gasteiger partial charge in [0.05, 0.1) is 13.3 Å². The molecule has 1 aromatic heterocycles. The molecule has 2 aliphatic heterocycles. The summed E-state index contributed by atoms with van der Waals surface area (Å²) >= 11 is 0. The minimum atomic E-state index is -3.44. The van der Waals surface area contributed by atoms with Gasteiger partial charge in [-0.15, -0.1) is 12.4 Å². The van der Waals surface area contributed by atoms with Crippen molar-refractivity contribution in [1.29, 1.82) is 0 Å². The summed E-state index contributed by atoms with van der Waals surface area (Å²) in [4.78, 5) is 4.22. The maximum Gasteiger partial charge on any atom is 0.244 e. The third kappa shape index (κ3) is 3.01. The molecule has 0 bridgehead atoms. The van der Waals surface area contributed by atoms with E-state index in [1.165, 1.54) is 13.3 Å². The molecule has 21 heavy (non-hydrogen) atoms. The SMILES string of the molecule is COc1ccc(S(=O)(=O)N2CCC3(CCNC3)C2)cn1.Cl. The minimum Gasteiger partial charge on any atom is -0.481 e. The molecule has 0 radical (unpaired) electrons. The molecule has 1 N–H and O–H groups in total. The van der Waals surface area contributed by atoms with Crippen LogP contribution in [0.3, 0.4) is 0 Å². The van der Waals surface area contributed by atoms with Gasteiger partial charge >= 0.3 is 0 Å². The first kappa shape index (κ1) is 16.5. The number of methoxy groups -OCH3 is 1. The summed E-state index contributed by atoms with van der Waals surface area (Å²) in [6, 6.07) is 3.13. The lowest BCUT2D eigenvalue weighted by atomic mass is 9.87. The number of ether oxygens (including phenoxy) is 1. The Morgan fingerprint density at radius 2 is 2.19 bits per heavy atom. The maximum absolute atomic E-state index is 12.6. The summed E-state index contributed by atoms with van der Waals surface area (Å²) < 4.78 is 31.7. The molecular weight excluding hydrogens is 314 g/mol. The van der Waals surface area contributed by atoms with Crippen molar-refractivity contribution in [2.75, 3.05) is 33.3 Å². The molecule has 1 atom stereocenters. The third-order valence-corrected chi connectivity index (χ3v) is 6.12. The van der Waals surface area contributed by atoms with Gasteiger partial charge in [-0.2, -0.15) is 4.31 Å². The molecule has 1 aromatic rings. The fourth-order valence-corrected chi connectivity index (χ4v) is 4.53. The first-order valence-electron chi connectivity index (χ1n) is 6.77. The second kappa shape index (κ2) is 6.08. The Hall–Kier alpha value is -0.890. The van der Waals surface area contributed by atoms with Gasteiger partial charge in [0.2, 0.25) is 15.9 Å². The molecule has 0 aliphatic carbocycles. The molecule has 3 heterocycles. The molecule has 3 rings (SSSR count). The molecule has 1 unspecified atom stereocenters. The smallest absolute Gasteiger partial charge is 0.244 e. The van der Waals surface area contributed by atoms with Crippen molar-refractivity contribution in [3.63, 3.8) is 0 Å². The lowest BCUT2D eigenvalue weighted by Crippen LogP contribution is -2.33. The number of sulfonamides is 1. The van der Waals surface area contributed by atoms with Crippen molar-refractivity contribution in [1.82, 2.24) is 14.6 Å². The molecule has 0 saturated carbocycles. The highest BCUT2D eigenvalue weighted by Crippen LogP contribution is 2.38. The minimum absolute atomic E-state index is 0. The lowest BCUT2D eigenvalue weighted by molar-refractivity contribution is 0.338. The molecule has 6 nitrogen and oxygen atoms in total. The van der Waals surface area contributed by atoms with E-state index in [2.05, 4.69) is 10.3 Å². The fourth-order valence-electron chi connectivity index (χ4n) is 3.03. The van der Waals surface area contributed by atoms with Crippen molar-refractivity contribution in [2.45, 2.75) is 17.7 Å². The largest absolute Gasteiger partial charge is 0.481 e. The Balaban J connectivity index is 0.00000161. The van der Waals surface area contributed by atoms with E-state index in [0.717, 1.165) is 25.9 Å². The van der Waals surface area contributed by atoms with Crippen LogP contribution in [0.2, 0.25) is 0 Å². The van der Waals surface area contributed by atoms with E-state index in [1.54, 1.807) is 16.4 Å².